The highest BCUT2D eigenvalue weighted by molar-refractivity contribution is 5.94. The molecule has 1 atom stereocenters. The van der Waals surface area contributed by atoms with Gasteiger partial charge in [0.25, 0.3) is 0 Å². The SMILES string of the molecule is COc1ccc(C(C)=O)cc1CC(=O)N1CCNCC1c1cccnc1.Cl. The summed E-state index contributed by atoms with van der Waals surface area (Å²) in [7, 11) is 1.57. The Morgan fingerprint density at radius 3 is 2.81 bits per heavy atom. The number of Topliss-reactive ketones (excluding diaryl/α,β-unsaturated/α-hetero) is 1. The van der Waals surface area contributed by atoms with Gasteiger partial charge >= 0.3 is 0 Å². The highest BCUT2D eigenvalue weighted by Gasteiger charge is 2.28. The van der Waals surface area contributed by atoms with Crippen LogP contribution in [0.1, 0.15) is 34.5 Å². The molecule has 27 heavy (non-hydrogen) atoms. The number of methoxy groups -OCH3 is 1. The molecule has 0 radical (unpaired) electrons. The lowest BCUT2D eigenvalue weighted by atomic mass is 10.0. The van der Waals surface area contributed by atoms with E-state index in [4.69, 9.17) is 4.74 Å². The van der Waals surface area contributed by atoms with E-state index in [0.29, 0.717) is 24.4 Å². The molecule has 3 rings (SSSR count). The van der Waals surface area contributed by atoms with Crippen LogP contribution in [0.4, 0.5) is 0 Å². The van der Waals surface area contributed by atoms with Crippen LogP contribution in [0.3, 0.4) is 0 Å². The van der Waals surface area contributed by atoms with E-state index in [2.05, 4.69) is 10.3 Å². The third-order valence-electron chi connectivity index (χ3n) is 4.66. The minimum absolute atomic E-state index is 0. The summed E-state index contributed by atoms with van der Waals surface area (Å²) in [5, 5.41) is 3.34. The standard InChI is InChI=1S/C20H23N3O3.ClH/c1-14(24)15-5-6-19(26-2)17(10-15)11-20(25)23-9-8-22-13-18(23)16-4-3-7-21-12-16;/h3-7,10,12,18,22H,8-9,11,13H2,1-2H3;1H. The molecule has 0 aliphatic carbocycles. The van der Waals surface area contributed by atoms with Crippen LogP contribution in [-0.4, -0.2) is 48.3 Å². The summed E-state index contributed by atoms with van der Waals surface area (Å²) in [5.74, 6) is 0.604. The molecule has 1 N–H and O–H groups in total. The predicted molar refractivity (Wildman–Crippen MR) is 106 cm³/mol. The molecule has 144 valence electrons. The molecular formula is C20H24ClN3O3. The van der Waals surface area contributed by atoms with Crippen molar-refractivity contribution in [3.05, 3.63) is 59.4 Å². The van der Waals surface area contributed by atoms with E-state index >= 15 is 0 Å². The Balaban J connectivity index is 0.00000261. The minimum atomic E-state index is -0.0491. The maximum Gasteiger partial charge on any atom is 0.227 e. The van der Waals surface area contributed by atoms with Crippen LogP contribution in [0.25, 0.3) is 0 Å². The van der Waals surface area contributed by atoms with Crippen LogP contribution >= 0.6 is 12.4 Å². The summed E-state index contributed by atoms with van der Waals surface area (Å²) in [6.07, 6.45) is 3.72. The van der Waals surface area contributed by atoms with Crippen LogP contribution in [-0.2, 0) is 11.2 Å². The van der Waals surface area contributed by atoms with Gasteiger partial charge in [0, 0.05) is 43.2 Å². The highest BCUT2D eigenvalue weighted by Crippen LogP contribution is 2.25. The number of benzene rings is 1. The number of amides is 1. The molecule has 2 heterocycles. The Morgan fingerprint density at radius 2 is 2.15 bits per heavy atom. The van der Waals surface area contributed by atoms with Crippen molar-refractivity contribution in [2.24, 2.45) is 0 Å². The maximum atomic E-state index is 13.0. The normalized spacial score (nSPS) is 16.4. The number of ether oxygens (including phenoxy) is 1. The number of halogens is 1. The fourth-order valence-corrected chi connectivity index (χ4v) is 3.27. The zero-order chi connectivity index (χ0) is 18.5. The first-order valence-electron chi connectivity index (χ1n) is 8.68. The maximum absolute atomic E-state index is 13.0. The summed E-state index contributed by atoms with van der Waals surface area (Å²) in [6, 6.07) is 9.04. The van der Waals surface area contributed by atoms with Crippen molar-refractivity contribution >= 4 is 24.1 Å². The molecule has 1 saturated heterocycles. The second kappa shape index (κ2) is 9.48. The molecule has 1 unspecified atom stereocenters. The molecule has 1 fully saturated rings. The van der Waals surface area contributed by atoms with Crippen molar-refractivity contribution in [2.45, 2.75) is 19.4 Å². The molecule has 0 bridgehead atoms. The number of hydrogen-bond donors (Lipinski definition) is 1. The summed E-state index contributed by atoms with van der Waals surface area (Å²) in [5.41, 5.74) is 2.32. The van der Waals surface area contributed by atoms with Crippen molar-refractivity contribution < 1.29 is 14.3 Å². The van der Waals surface area contributed by atoms with Gasteiger partial charge in [0.05, 0.1) is 19.6 Å². The molecule has 7 heteroatoms. The summed E-state index contributed by atoms with van der Waals surface area (Å²) >= 11 is 0. The van der Waals surface area contributed by atoms with E-state index in [0.717, 1.165) is 17.7 Å². The van der Waals surface area contributed by atoms with E-state index in [1.165, 1.54) is 6.92 Å². The largest absolute Gasteiger partial charge is 0.496 e. The lowest BCUT2D eigenvalue weighted by molar-refractivity contribution is -0.133. The first-order valence-corrected chi connectivity index (χ1v) is 8.68. The summed E-state index contributed by atoms with van der Waals surface area (Å²) in [6.45, 7) is 3.60. The number of pyridine rings is 1. The van der Waals surface area contributed by atoms with Gasteiger partial charge in [-0.15, -0.1) is 12.4 Å². The first kappa shape index (κ1) is 20.9. The van der Waals surface area contributed by atoms with Gasteiger partial charge in [-0.3, -0.25) is 14.6 Å². The van der Waals surface area contributed by atoms with Crippen LogP contribution < -0.4 is 10.1 Å². The second-order valence-electron chi connectivity index (χ2n) is 6.35. The summed E-state index contributed by atoms with van der Waals surface area (Å²) < 4.78 is 5.38. The Kier molecular flexibility index (Phi) is 7.33. The zero-order valence-corrected chi connectivity index (χ0v) is 16.3. The third-order valence-corrected chi connectivity index (χ3v) is 4.66. The number of ketones is 1. The number of carbonyl (C=O) groups is 2. The average molecular weight is 390 g/mol. The molecule has 6 nitrogen and oxygen atoms in total. The minimum Gasteiger partial charge on any atom is -0.496 e. The van der Waals surface area contributed by atoms with Crippen LogP contribution in [0.2, 0.25) is 0 Å². The van der Waals surface area contributed by atoms with Crippen LogP contribution in [0.15, 0.2) is 42.7 Å². The van der Waals surface area contributed by atoms with Crippen molar-refractivity contribution in [1.82, 2.24) is 15.2 Å². The number of hydrogen-bond acceptors (Lipinski definition) is 5. The fourth-order valence-electron chi connectivity index (χ4n) is 3.27. The number of piperazine rings is 1. The second-order valence-corrected chi connectivity index (χ2v) is 6.35. The molecular weight excluding hydrogens is 366 g/mol. The smallest absolute Gasteiger partial charge is 0.227 e. The first-order chi connectivity index (χ1) is 12.6. The molecule has 1 amide bonds. The van der Waals surface area contributed by atoms with Crippen molar-refractivity contribution in [1.29, 1.82) is 0 Å². The monoisotopic (exact) mass is 389 g/mol. The molecule has 0 saturated carbocycles. The highest BCUT2D eigenvalue weighted by atomic mass is 35.5. The zero-order valence-electron chi connectivity index (χ0n) is 15.5. The predicted octanol–water partition coefficient (Wildman–Crippen LogP) is 2.43. The Bertz CT molecular complexity index is 798. The van der Waals surface area contributed by atoms with Gasteiger partial charge in [0.15, 0.2) is 5.78 Å². The van der Waals surface area contributed by atoms with Crippen molar-refractivity contribution in [2.75, 3.05) is 26.7 Å². The number of carbonyl (C=O) groups excluding carboxylic acids is 2. The number of nitrogens with one attached hydrogen (secondary N) is 1. The lowest BCUT2D eigenvalue weighted by Crippen LogP contribution is -2.49. The number of rotatable bonds is 5. The third kappa shape index (κ3) is 4.84. The van der Waals surface area contributed by atoms with E-state index in [1.54, 1.807) is 37.7 Å². The van der Waals surface area contributed by atoms with Crippen molar-refractivity contribution in [3.8, 4) is 5.75 Å². The van der Waals surface area contributed by atoms with E-state index < -0.39 is 0 Å². The van der Waals surface area contributed by atoms with Crippen molar-refractivity contribution in [3.63, 3.8) is 0 Å². The van der Waals surface area contributed by atoms with Gasteiger partial charge in [-0.25, -0.2) is 0 Å². The number of aromatic nitrogens is 1. The fraction of sp³-hybridized carbons (Fsp3) is 0.350. The van der Waals surface area contributed by atoms with Gasteiger partial charge in [-0.2, -0.15) is 0 Å². The average Bonchev–Trinajstić information content (AvgIpc) is 2.68. The van der Waals surface area contributed by atoms with Gasteiger partial charge in [-0.05, 0) is 36.8 Å². The quantitative estimate of drug-likeness (QED) is 0.795. The molecule has 1 aromatic heterocycles. The lowest BCUT2D eigenvalue weighted by Gasteiger charge is -2.36. The molecule has 1 aromatic carbocycles. The van der Waals surface area contributed by atoms with E-state index in [-0.39, 0.29) is 36.6 Å². The Morgan fingerprint density at radius 1 is 1.33 bits per heavy atom. The molecule has 1 aliphatic heterocycles. The van der Waals surface area contributed by atoms with Gasteiger partial charge in [0.1, 0.15) is 5.75 Å². The molecule has 0 spiro atoms. The van der Waals surface area contributed by atoms with E-state index in [9.17, 15) is 9.59 Å². The molecule has 2 aromatic rings. The Labute approximate surface area is 165 Å². The molecule has 1 aliphatic rings. The number of nitrogens with zero attached hydrogens (tertiary/aromatic N) is 2. The van der Waals surface area contributed by atoms with Gasteiger partial charge in [-0.1, -0.05) is 6.07 Å². The van der Waals surface area contributed by atoms with Gasteiger partial charge < -0.3 is 15.0 Å². The topological polar surface area (TPSA) is 71.5 Å². The van der Waals surface area contributed by atoms with Gasteiger partial charge in [0.2, 0.25) is 5.91 Å². The van der Waals surface area contributed by atoms with Crippen LogP contribution in [0.5, 0.6) is 5.75 Å². The van der Waals surface area contributed by atoms with E-state index in [1.807, 2.05) is 17.0 Å². The Hall–Kier alpha value is -2.44. The summed E-state index contributed by atoms with van der Waals surface area (Å²) in [4.78, 5) is 30.8. The van der Waals surface area contributed by atoms with Crippen LogP contribution in [0, 0.1) is 0 Å².